The second-order valence-electron chi connectivity index (χ2n) is 4.13. The minimum Gasteiger partial charge on any atom is -0.383 e. The van der Waals surface area contributed by atoms with Crippen LogP contribution in [-0.4, -0.2) is 47.1 Å². The lowest BCUT2D eigenvalue weighted by molar-refractivity contribution is -0.118. The van der Waals surface area contributed by atoms with Crippen LogP contribution in [0.3, 0.4) is 0 Å². The number of pyridine rings is 1. The van der Waals surface area contributed by atoms with Crippen LogP contribution in [0.25, 0.3) is 11.3 Å². The molecule has 110 valence electrons. The van der Waals surface area contributed by atoms with Crippen molar-refractivity contribution >= 4 is 17.7 Å². The van der Waals surface area contributed by atoms with Crippen molar-refractivity contribution in [2.75, 3.05) is 26.0 Å². The molecular formula is C14H16N4O2S. The molecule has 0 atom stereocenters. The van der Waals surface area contributed by atoms with Crippen LogP contribution in [-0.2, 0) is 9.53 Å². The predicted octanol–water partition coefficient (Wildman–Crippen LogP) is 1.39. The molecule has 2 aromatic rings. The van der Waals surface area contributed by atoms with E-state index in [1.165, 1.54) is 11.8 Å². The number of methoxy groups -OCH3 is 1. The molecule has 21 heavy (non-hydrogen) atoms. The summed E-state index contributed by atoms with van der Waals surface area (Å²) in [4.78, 5) is 15.6. The van der Waals surface area contributed by atoms with Crippen LogP contribution in [0.15, 0.2) is 41.7 Å². The van der Waals surface area contributed by atoms with Gasteiger partial charge in [-0.25, -0.2) is 0 Å². The summed E-state index contributed by atoms with van der Waals surface area (Å²) in [5, 5.41) is 11.7. The quantitative estimate of drug-likeness (QED) is 0.615. The Labute approximate surface area is 127 Å². The number of hydrogen-bond donors (Lipinski definition) is 1. The van der Waals surface area contributed by atoms with Crippen LogP contribution in [0, 0.1) is 0 Å². The normalized spacial score (nSPS) is 10.3. The van der Waals surface area contributed by atoms with Crippen molar-refractivity contribution in [3.05, 3.63) is 36.7 Å². The van der Waals surface area contributed by atoms with Gasteiger partial charge in [0.05, 0.1) is 18.1 Å². The Morgan fingerprint density at radius 1 is 1.33 bits per heavy atom. The summed E-state index contributed by atoms with van der Waals surface area (Å²) in [5.74, 6) is 0.264. The van der Waals surface area contributed by atoms with Crippen LogP contribution in [0.4, 0.5) is 0 Å². The summed E-state index contributed by atoms with van der Waals surface area (Å²) in [6, 6.07) is 7.49. The second kappa shape index (κ2) is 8.33. The summed E-state index contributed by atoms with van der Waals surface area (Å²) >= 11 is 1.35. The summed E-state index contributed by atoms with van der Waals surface area (Å²) in [7, 11) is 1.60. The van der Waals surface area contributed by atoms with Crippen molar-refractivity contribution in [2.45, 2.75) is 5.03 Å². The van der Waals surface area contributed by atoms with E-state index in [4.69, 9.17) is 4.74 Å². The van der Waals surface area contributed by atoms with Crippen LogP contribution in [0.2, 0.25) is 0 Å². The van der Waals surface area contributed by atoms with Crippen molar-refractivity contribution in [3.63, 3.8) is 0 Å². The highest BCUT2D eigenvalue weighted by Gasteiger charge is 2.05. The number of thioether (sulfide) groups is 1. The van der Waals surface area contributed by atoms with E-state index in [0.717, 1.165) is 11.3 Å². The summed E-state index contributed by atoms with van der Waals surface area (Å²) in [5.41, 5.74) is 1.68. The highest BCUT2D eigenvalue weighted by atomic mass is 32.2. The number of ether oxygens (including phenoxy) is 1. The molecule has 0 aromatic carbocycles. The molecule has 0 saturated heterocycles. The van der Waals surface area contributed by atoms with Crippen molar-refractivity contribution in [2.24, 2.45) is 0 Å². The average Bonchev–Trinajstić information content (AvgIpc) is 2.54. The minimum atomic E-state index is -0.0461. The fourth-order valence-corrected chi connectivity index (χ4v) is 2.19. The molecule has 7 heteroatoms. The van der Waals surface area contributed by atoms with E-state index in [1.54, 1.807) is 19.5 Å². The Morgan fingerprint density at radius 2 is 2.24 bits per heavy atom. The van der Waals surface area contributed by atoms with Gasteiger partial charge in [0.1, 0.15) is 5.03 Å². The third-order valence-corrected chi connectivity index (χ3v) is 3.50. The number of hydrogen-bond acceptors (Lipinski definition) is 6. The van der Waals surface area contributed by atoms with E-state index in [1.807, 2.05) is 24.3 Å². The number of carbonyl (C=O) groups excluding carboxylic acids is 1. The lowest BCUT2D eigenvalue weighted by Crippen LogP contribution is -2.28. The first kappa shape index (κ1) is 15.4. The maximum absolute atomic E-state index is 11.5. The molecule has 0 radical (unpaired) electrons. The number of rotatable bonds is 7. The maximum atomic E-state index is 11.5. The molecule has 0 saturated carbocycles. The fraction of sp³-hybridized carbons (Fsp3) is 0.286. The molecule has 0 fully saturated rings. The van der Waals surface area contributed by atoms with Gasteiger partial charge in [0.25, 0.3) is 0 Å². The standard InChI is InChI=1S/C14H16N4O2S/c1-20-8-7-16-13(19)10-21-14-5-4-12(17-18-14)11-3-2-6-15-9-11/h2-6,9H,7-8,10H2,1H3,(H,16,19). The van der Waals surface area contributed by atoms with E-state index in [2.05, 4.69) is 20.5 Å². The Kier molecular flexibility index (Phi) is 6.11. The Morgan fingerprint density at radius 3 is 2.90 bits per heavy atom. The van der Waals surface area contributed by atoms with Gasteiger partial charge < -0.3 is 10.1 Å². The molecular weight excluding hydrogens is 288 g/mol. The van der Waals surface area contributed by atoms with Crippen molar-refractivity contribution in [1.82, 2.24) is 20.5 Å². The van der Waals surface area contributed by atoms with Crippen molar-refractivity contribution < 1.29 is 9.53 Å². The van der Waals surface area contributed by atoms with Crippen LogP contribution in [0.5, 0.6) is 0 Å². The molecule has 2 aromatic heterocycles. The number of amides is 1. The number of carbonyl (C=O) groups is 1. The first-order valence-corrected chi connectivity index (χ1v) is 7.40. The lowest BCUT2D eigenvalue weighted by atomic mass is 10.2. The fourth-order valence-electron chi connectivity index (χ4n) is 1.55. The highest BCUT2D eigenvalue weighted by Crippen LogP contribution is 2.18. The number of nitrogens with one attached hydrogen (secondary N) is 1. The molecule has 2 rings (SSSR count). The summed E-state index contributed by atoms with van der Waals surface area (Å²) in [6.07, 6.45) is 3.45. The van der Waals surface area contributed by atoms with Gasteiger partial charge in [0.2, 0.25) is 5.91 Å². The van der Waals surface area contributed by atoms with E-state index in [0.29, 0.717) is 23.9 Å². The van der Waals surface area contributed by atoms with Gasteiger partial charge in [-0.3, -0.25) is 9.78 Å². The van der Waals surface area contributed by atoms with E-state index >= 15 is 0 Å². The average molecular weight is 304 g/mol. The molecule has 0 aliphatic heterocycles. The molecule has 0 aliphatic carbocycles. The molecule has 0 spiro atoms. The van der Waals surface area contributed by atoms with Crippen LogP contribution >= 0.6 is 11.8 Å². The van der Waals surface area contributed by atoms with Crippen molar-refractivity contribution in [3.8, 4) is 11.3 Å². The Hall–Kier alpha value is -1.99. The third kappa shape index (κ3) is 5.13. The van der Waals surface area contributed by atoms with Gasteiger partial charge >= 0.3 is 0 Å². The van der Waals surface area contributed by atoms with Gasteiger partial charge in [-0.15, -0.1) is 10.2 Å². The predicted molar refractivity (Wildman–Crippen MR) is 80.9 cm³/mol. The van der Waals surface area contributed by atoms with Gasteiger partial charge in [-0.05, 0) is 24.3 Å². The SMILES string of the molecule is COCCNC(=O)CSc1ccc(-c2cccnc2)nn1. The molecule has 0 bridgehead atoms. The van der Waals surface area contributed by atoms with Gasteiger partial charge in [0.15, 0.2) is 0 Å². The number of aromatic nitrogens is 3. The highest BCUT2D eigenvalue weighted by molar-refractivity contribution is 7.99. The summed E-state index contributed by atoms with van der Waals surface area (Å²) < 4.78 is 4.86. The van der Waals surface area contributed by atoms with Gasteiger partial charge in [-0.2, -0.15) is 0 Å². The molecule has 2 heterocycles. The molecule has 1 amide bonds. The Balaban J connectivity index is 1.84. The largest absolute Gasteiger partial charge is 0.383 e. The van der Waals surface area contributed by atoms with E-state index in [-0.39, 0.29) is 5.91 Å². The topological polar surface area (TPSA) is 77.0 Å². The zero-order chi connectivity index (χ0) is 14.9. The molecule has 0 unspecified atom stereocenters. The first-order chi connectivity index (χ1) is 10.3. The number of nitrogens with zero attached hydrogens (tertiary/aromatic N) is 3. The monoisotopic (exact) mass is 304 g/mol. The molecule has 1 N–H and O–H groups in total. The van der Waals surface area contributed by atoms with E-state index in [9.17, 15) is 4.79 Å². The maximum Gasteiger partial charge on any atom is 0.230 e. The third-order valence-electron chi connectivity index (χ3n) is 2.58. The minimum absolute atomic E-state index is 0.0461. The van der Waals surface area contributed by atoms with E-state index < -0.39 is 0 Å². The van der Waals surface area contributed by atoms with Gasteiger partial charge in [0, 0.05) is 31.6 Å². The first-order valence-electron chi connectivity index (χ1n) is 6.42. The van der Waals surface area contributed by atoms with Crippen LogP contribution in [0.1, 0.15) is 0 Å². The second-order valence-corrected chi connectivity index (χ2v) is 5.13. The van der Waals surface area contributed by atoms with Crippen molar-refractivity contribution in [1.29, 1.82) is 0 Å². The zero-order valence-electron chi connectivity index (χ0n) is 11.7. The van der Waals surface area contributed by atoms with Crippen LogP contribution < -0.4 is 5.32 Å². The summed E-state index contributed by atoms with van der Waals surface area (Å²) in [6.45, 7) is 1.03. The smallest absolute Gasteiger partial charge is 0.230 e. The van der Waals surface area contributed by atoms with Gasteiger partial charge in [-0.1, -0.05) is 11.8 Å². The zero-order valence-corrected chi connectivity index (χ0v) is 12.5. The molecule has 6 nitrogen and oxygen atoms in total. The lowest BCUT2D eigenvalue weighted by Gasteiger charge is -2.04. The molecule has 0 aliphatic rings. The Bertz CT molecular complexity index is 563.